The fraction of sp³-hybridized carbons (Fsp3) is 0.400. The first-order valence-electron chi connectivity index (χ1n) is 15.6. The van der Waals surface area contributed by atoms with E-state index < -0.39 is 17.1 Å². The van der Waals surface area contributed by atoms with E-state index in [1.807, 2.05) is 19.9 Å². The van der Waals surface area contributed by atoms with Crippen LogP contribution in [0.15, 0.2) is 60.8 Å². The van der Waals surface area contributed by atoms with Crippen LogP contribution in [0.5, 0.6) is 0 Å². The second kappa shape index (κ2) is 15.6. The SMILES string of the molecule is CCc1ccc(NC(=O)CN(Cc2cc(F)ccc2CNC)C(=O)C2(C)CCN(C(C)=O)CC2)cc1CC(=O)Nc1ccccn1. The molecule has 0 unspecified atom stereocenters. The zero-order chi connectivity index (χ0) is 33.3. The minimum absolute atomic E-state index is 0.0372. The number of piperidine rings is 1. The van der Waals surface area contributed by atoms with E-state index in [2.05, 4.69) is 20.9 Å². The summed E-state index contributed by atoms with van der Waals surface area (Å²) in [4.78, 5) is 59.7. The van der Waals surface area contributed by atoms with Crippen LogP contribution in [0.3, 0.4) is 0 Å². The number of nitrogens with zero attached hydrogens (tertiary/aromatic N) is 3. The van der Waals surface area contributed by atoms with Crippen molar-refractivity contribution in [1.29, 1.82) is 0 Å². The Morgan fingerprint density at radius 3 is 2.33 bits per heavy atom. The smallest absolute Gasteiger partial charge is 0.244 e. The van der Waals surface area contributed by atoms with Gasteiger partial charge in [0.25, 0.3) is 0 Å². The number of rotatable bonds is 12. The Hall–Kier alpha value is -4.64. The molecule has 3 N–H and O–H groups in total. The van der Waals surface area contributed by atoms with Gasteiger partial charge in [-0.15, -0.1) is 0 Å². The Morgan fingerprint density at radius 1 is 0.935 bits per heavy atom. The number of aromatic nitrogens is 1. The van der Waals surface area contributed by atoms with Crippen molar-refractivity contribution in [2.24, 2.45) is 5.41 Å². The molecule has 1 aromatic heterocycles. The van der Waals surface area contributed by atoms with Crippen molar-refractivity contribution < 1.29 is 23.6 Å². The van der Waals surface area contributed by atoms with Gasteiger partial charge in [-0.2, -0.15) is 0 Å². The van der Waals surface area contributed by atoms with Crippen LogP contribution in [-0.2, 0) is 45.1 Å². The van der Waals surface area contributed by atoms with E-state index in [0.717, 1.165) is 16.7 Å². The number of pyridine rings is 1. The molecule has 1 fully saturated rings. The van der Waals surface area contributed by atoms with Crippen LogP contribution in [-0.4, -0.2) is 65.1 Å². The van der Waals surface area contributed by atoms with Gasteiger partial charge in [-0.1, -0.05) is 32.0 Å². The predicted molar refractivity (Wildman–Crippen MR) is 175 cm³/mol. The summed E-state index contributed by atoms with van der Waals surface area (Å²) in [6.45, 7) is 6.52. The van der Waals surface area contributed by atoms with Crippen LogP contribution in [0.25, 0.3) is 0 Å². The Kier molecular flexibility index (Phi) is 11.6. The van der Waals surface area contributed by atoms with Crippen LogP contribution < -0.4 is 16.0 Å². The van der Waals surface area contributed by atoms with E-state index in [1.54, 1.807) is 54.5 Å². The number of amides is 4. The van der Waals surface area contributed by atoms with Crippen molar-refractivity contribution in [2.75, 3.05) is 37.3 Å². The summed E-state index contributed by atoms with van der Waals surface area (Å²) in [7, 11) is 1.79. The summed E-state index contributed by atoms with van der Waals surface area (Å²) in [5.74, 6) is -0.883. The van der Waals surface area contributed by atoms with E-state index in [9.17, 15) is 23.6 Å². The first-order valence-corrected chi connectivity index (χ1v) is 15.6. The Morgan fingerprint density at radius 2 is 1.67 bits per heavy atom. The molecule has 2 heterocycles. The highest BCUT2D eigenvalue weighted by Crippen LogP contribution is 2.34. The first kappa shape index (κ1) is 34.2. The number of hydrogen-bond acceptors (Lipinski definition) is 6. The average molecular weight is 631 g/mol. The van der Waals surface area contributed by atoms with Crippen molar-refractivity contribution in [2.45, 2.75) is 59.5 Å². The van der Waals surface area contributed by atoms with Gasteiger partial charge in [-0.25, -0.2) is 9.37 Å². The molecule has 4 amide bonds. The minimum Gasteiger partial charge on any atom is -0.343 e. The molecule has 0 atom stereocenters. The van der Waals surface area contributed by atoms with Crippen LogP contribution in [0.2, 0.25) is 0 Å². The van der Waals surface area contributed by atoms with Gasteiger partial charge in [0.15, 0.2) is 0 Å². The third-order valence-electron chi connectivity index (χ3n) is 8.50. The van der Waals surface area contributed by atoms with E-state index in [0.29, 0.717) is 56.0 Å². The lowest BCUT2D eigenvalue weighted by atomic mass is 9.78. The summed E-state index contributed by atoms with van der Waals surface area (Å²) in [5.41, 5.74) is 2.87. The molecule has 1 aliphatic heterocycles. The number of aryl methyl sites for hydroxylation is 1. The summed E-state index contributed by atoms with van der Waals surface area (Å²) >= 11 is 0. The fourth-order valence-electron chi connectivity index (χ4n) is 5.80. The van der Waals surface area contributed by atoms with Gasteiger partial charge in [0.1, 0.15) is 18.2 Å². The molecule has 46 heavy (non-hydrogen) atoms. The molecule has 0 aliphatic carbocycles. The summed E-state index contributed by atoms with van der Waals surface area (Å²) in [5, 5.41) is 8.76. The summed E-state index contributed by atoms with van der Waals surface area (Å²) in [6, 6.07) is 15.1. The van der Waals surface area contributed by atoms with E-state index in [4.69, 9.17) is 0 Å². The van der Waals surface area contributed by atoms with E-state index in [-0.39, 0.29) is 37.2 Å². The molecule has 10 nitrogen and oxygen atoms in total. The van der Waals surface area contributed by atoms with Crippen molar-refractivity contribution >= 4 is 35.1 Å². The third-order valence-corrected chi connectivity index (χ3v) is 8.50. The highest BCUT2D eigenvalue weighted by atomic mass is 19.1. The Balaban J connectivity index is 1.54. The van der Waals surface area contributed by atoms with Crippen LogP contribution >= 0.6 is 0 Å². The molecule has 0 spiro atoms. The molecule has 1 aliphatic rings. The Bertz CT molecular complexity index is 1560. The molecule has 1 saturated heterocycles. The molecule has 4 rings (SSSR count). The monoisotopic (exact) mass is 630 g/mol. The number of nitrogens with one attached hydrogen (secondary N) is 3. The molecule has 0 radical (unpaired) electrons. The molecule has 244 valence electrons. The van der Waals surface area contributed by atoms with Crippen molar-refractivity contribution in [3.05, 3.63) is 88.9 Å². The molecule has 3 aromatic rings. The minimum atomic E-state index is -0.792. The van der Waals surface area contributed by atoms with Gasteiger partial charge >= 0.3 is 0 Å². The largest absolute Gasteiger partial charge is 0.343 e. The maximum absolute atomic E-state index is 14.4. The van der Waals surface area contributed by atoms with Gasteiger partial charge < -0.3 is 25.8 Å². The highest BCUT2D eigenvalue weighted by molar-refractivity contribution is 5.96. The van der Waals surface area contributed by atoms with Gasteiger partial charge in [0.05, 0.1) is 6.42 Å². The third kappa shape index (κ3) is 8.97. The lowest BCUT2D eigenvalue weighted by Gasteiger charge is -2.40. The van der Waals surface area contributed by atoms with Crippen molar-refractivity contribution in [1.82, 2.24) is 20.1 Å². The highest BCUT2D eigenvalue weighted by Gasteiger charge is 2.40. The summed E-state index contributed by atoms with van der Waals surface area (Å²) < 4.78 is 14.4. The molecular formula is C35H43FN6O4. The average Bonchev–Trinajstić information content (AvgIpc) is 3.02. The number of benzene rings is 2. The van der Waals surface area contributed by atoms with Gasteiger partial charge in [0.2, 0.25) is 23.6 Å². The molecule has 11 heteroatoms. The summed E-state index contributed by atoms with van der Waals surface area (Å²) in [6.07, 6.45) is 3.31. The zero-order valence-electron chi connectivity index (χ0n) is 27.0. The molecular weight excluding hydrogens is 587 g/mol. The maximum Gasteiger partial charge on any atom is 0.244 e. The molecule has 2 aromatic carbocycles. The van der Waals surface area contributed by atoms with E-state index >= 15 is 0 Å². The van der Waals surface area contributed by atoms with E-state index in [1.165, 1.54) is 24.0 Å². The maximum atomic E-state index is 14.4. The number of likely N-dealkylation sites (tertiary alicyclic amines) is 1. The second-order valence-electron chi connectivity index (χ2n) is 12.0. The number of halogens is 1. The molecule has 0 saturated carbocycles. The number of carbonyl (C=O) groups is 4. The van der Waals surface area contributed by atoms with Crippen LogP contribution in [0.1, 0.15) is 55.9 Å². The van der Waals surface area contributed by atoms with Gasteiger partial charge in [-0.3, -0.25) is 19.2 Å². The standard InChI is InChI=1S/C35H43FN6O4/c1-5-25-10-12-30(19-27(25)20-32(44)40-31-8-6-7-15-38-31)39-33(45)23-42(22-28-18-29(36)11-9-26(28)21-37-4)34(46)35(3)13-16-41(17-14-35)24(2)43/h6-12,15,18-19,37H,5,13-14,16-17,20-23H2,1-4H3,(H,39,45)(H,38,40,44). The van der Waals surface area contributed by atoms with Crippen LogP contribution in [0.4, 0.5) is 15.9 Å². The van der Waals surface area contributed by atoms with Gasteiger partial charge in [-0.05, 0) is 85.0 Å². The quantitative estimate of drug-likeness (QED) is 0.274. The topological polar surface area (TPSA) is 124 Å². The number of hydrogen-bond donors (Lipinski definition) is 3. The first-order chi connectivity index (χ1) is 22.0. The predicted octanol–water partition coefficient (Wildman–Crippen LogP) is 4.30. The van der Waals surface area contributed by atoms with Crippen LogP contribution in [0, 0.1) is 11.2 Å². The zero-order valence-corrected chi connectivity index (χ0v) is 27.0. The lowest BCUT2D eigenvalue weighted by molar-refractivity contribution is -0.148. The Labute approximate surface area is 269 Å². The number of carbonyl (C=O) groups excluding carboxylic acids is 4. The van der Waals surface area contributed by atoms with Crippen molar-refractivity contribution in [3.8, 4) is 0 Å². The van der Waals surface area contributed by atoms with Gasteiger partial charge in [0, 0.05) is 50.4 Å². The second-order valence-corrected chi connectivity index (χ2v) is 12.0. The fourth-order valence-corrected chi connectivity index (χ4v) is 5.80. The molecule has 0 bridgehead atoms. The van der Waals surface area contributed by atoms with Crippen molar-refractivity contribution in [3.63, 3.8) is 0 Å². The lowest BCUT2D eigenvalue weighted by Crippen LogP contribution is -2.51. The normalized spacial score (nSPS) is 14.0. The number of anilines is 2.